The Labute approximate surface area is 96.0 Å². The molecule has 0 atom stereocenters. The zero-order valence-corrected chi connectivity index (χ0v) is 9.50. The van der Waals surface area contributed by atoms with Gasteiger partial charge in [-0.1, -0.05) is 0 Å². The van der Waals surface area contributed by atoms with Crippen molar-refractivity contribution in [2.24, 2.45) is 0 Å². The van der Waals surface area contributed by atoms with Gasteiger partial charge < -0.3 is 0 Å². The van der Waals surface area contributed by atoms with Gasteiger partial charge in [-0.2, -0.15) is 13.2 Å². The van der Waals surface area contributed by atoms with Gasteiger partial charge in [-0.3, -0.25) is 9.63 Å². The summed E-state index contributed by atoms with van der Waals surface area (Å²) in [7, 11) is 2.53. The van der Waals surface area contributed by atoms with Crippen molar-refractivity contribution in [3.8, 4) is 0 Å². The van der Waals surface area contributed by atoms with E-state index in [1.54, 1.807) is 0 Å². The summed E-state index contributed by atoms with van der Waals surface area (Å²) in [5, 5.41) is 0.807. The maximum absolute atomic E-state index is 12.5. The first-order valence-corrected chi connectivity index (χ1v) is 4.63. The summed E-state index contributed by atoms with van der Waals surface area (Å²) in [6, 6.07) is 1.58. The van der Waals surface area contributed by atoms with E-state index in [-0.39, 0.29) is 11.4 Å². The SMILES string of the molecule is CON(C)C(=O)c1cc(C(F)(F)F)cc(C)n1. The van der Waals surface area contributed by atoms with Crippen molar-refractivity contribution in [1.82, 2.24) is 10.0 Å². The highest BCUT2D eigenvalue weighted by molar-refractivity contribution is 5.91. The zero-order valence-electron chi connectivity index (χ0n) is 9.50. The molecule has 0 bridgehead atoms. The van der Waals surface area contributed by atoms with Gasteiger partial charge in [0.25, 0.3) is 5.91 Å². The molecule has 0 fully saturated rings. The number of aromatic nitrogens is 1. The van der Waals surface area contributed by atoms with Crippen molar-refractivity contribution in [3.63, 3.8) is 0 Å². The smallest absolute Gasteiger partial charge is 0.274 e. The van der Waals surface area contributed by atoms with Crippen molar-refractivity contribution in [2.75, 3.05) is 14.2 Å². The highest BCUT2D eigenvalue weighted by Crippen LogP contribution is 2.29. The van der Waals surface area contributed by atoms with Crippen molar-refractivity contribution >= 4 is 5.91 Å². The van der Waals surface area contributed by atoms with Crippen LogP contribution in [0.3, 0.4) is 0 Å². The van der Waals surface area contributed by atoms with E-state index in [4.69, 9.17) is 0 Å². The first-order valence-electron chi connectivity index (χ1n) is 4.63. The van der Waals surface area contributed by atoms with E-state index in [1.807, 2.05) is 0 Å². The molecule has 0 aliphatic rings. The van der Waals surface area contributed by atoms with Crippen LogP contribution < -0.4 is 0 Å². The number of alkyl halides is 3. The fourth-order valence-electron chi connectivity index (χ4n) is 1.19. The lowest BCUT2D eigenvalue weighted by Gasteiger charge is -2.14. The molecule has 17 heavy (non-hydrogen) atoms. The Morgan fingerprint density at radius 2 is 2.00 bits per heavy atom. The van der Waals surface area contributed by atoms with Crippen LogP contribution in [0, 0.1) is 6.92 Å². The lowest BCUT2D eigenvalue weighted by Crippen LogP contribution is -2.27. The van der Waals surface area contributed by atoms with Gasteiger partial charge in [-0.15, -0.1) is 0 Å². The first-order chi connectivity index (χ1) is 7.75. The van der Waals surface area contributed by atoms with Gasteiger partial charge in [-0.25, -0.2) is 10.0 Å². The maximum Gasteiger partial charge on any atom is 0.416 e. The molecule has 0 saturated heterocycles. The van der Waals surface area contributed by atoms with Gasteiger partial charge >= 0.3 is 6.18 Å². The molecule has 0 radical (unpaired) electrons. The second kappa shape index (κ2) is 4.70. The highest BCUT2D eigenvalue weighted by Gasteiger charge is 2.32. The molecule has 94 valence electrons. The monoisotopic (exact) mass is 248 g/mol. The Kier molecular flexibility index (Phi) is 3.72. The number of hydrogen-bond acceptors (Lipinski definition) is 3. The van der Waals surface area contributed by atoms with Crippen LogP contribution in [0.2, 0.25) is 0 Å². The van der Waals surface area contributed by atoms with Crippen molar-refractivity contribution in [3.05, 3.63) is 29.1 Å². The van der Waals surface area contributed by atoms with Crippen LogP contribution in [0.25, 0.3) is 0 Å². The molecule has 0 aliphatic carbocycles. The topological polar surface area (TPSA) is 42.4 Å². The third-order valence-electron chi connectivity index (χ3n) is 2.06. The molecule has 7 heteroatoms. The van der Waals surface area contributed by atoms with E-state index in [0.717, 1.165) is 11.1 Å². The maximum atomic E-state index is 12.5. The number of amides is 1. The Hall–Kier alpha value is -1.63. The minimum Gasteiger partial charge on any atom is -0.274 e. The third-order valence-corrected chi connectivity index (χ3v) is 2.06. The van der Waals surface area contributed by atoms with Crippen LogP contribution in [0.5, 0.6) is 0 Å². The van der Waals surface area contributed by atoms with Crippen LogP contribution in [-0.4, -0.2) is 30.1 Å². The van der Waals surface area contributed by atoms with E-state index in [2.05, 4.69) is 9.82 Å². The largest absolute Gasteiger partial charge is 0.416 e. The Morgan fingerprint density at radius 1 is 1.41 bits per heavy atom. The fraction of sp³-hybridized carbons (Fsp3) is 0.400. The molecule has 0 spiro atoms. The summed E-state index contributed by atoms with van der Waals surface area (Å²) in [4.78, 5) is 19.9. The average molecular weight is 248 g/mol. The Morgan fingerprint density at radius 3 is 2.47 bits per heavy atom. The molecule has 4 nitrogen and oxygen atoms in total. The number of pyridine rings is 1. The first kappa shape index (κ1) is 13.4. The van der Waals surface area contributed by atoms with Crippen LogP contribution in [-0.2, 0) is 11.0 Å². The minimum absolute atomic E-state index is 0.118. The number of carbonyl (C=O) groups excluding carboxylic acids is 1. The highest BCUT2D eigenvalue weighted by atomic mass is 19.4. The lowest BCUT2D eigenvalue weighted by atomic mass is 10.2. The number of carbonyl (C=O) groups is 1. The summed E-state index contributed by atoms with van der Waals surface area (Å²) >= 11 is 0. The minimum atomic E-state index is -4.51. The predicted molar refractivity (Wildman–Crippen MR) is 53.1 cm³/mol. The van der Waals surface area contributed by atoms with E-state index >= 15 is 0 Å². The number of halogens is 3. The number of nitrogens with zero attached hydrogens (tertiary/aromatic N) is 2. The Balaban J connectivity index is 3.19. The van der Waals surface area contributed by atoms with Crippen LogP contribution in [0.1, 0.15) is 21.7 Å². The standard InChI is InChI=1S/C10H11F3N2O2/c1-6-4-7(10(11,12)13)5-8(14-6)9(16)15(2)17-3/h4-5H,1-3H3. The van der Waals surface area contributed by atoms with E-state index in [0.29, 0.717) is 6.07 Å². The summed E-state index contributed by atoms with van der Waals surface area (Å²) < 4.78 is 37.5. The average Bonchev–Trinajstić information content (AvgIpc) is 2.25. The van der Waals surface area contributed by atoms with Gasteiger partial charge in [0.2, 0.25) is 0 Å². The summed E-state index contributed by atoms with van der Waals surface area (Å²) in [6.07, 6.45) is -4.51. The van der Waals surface area contributed by atoms with Gasteiger partial charge in [0.05, 0.1) is 12.7 Å². The second-order valence-electron chi connectivity index (χ2n) is 3.37. The summed E-state index contributed by atoms with van der Waals surface area (Å²) in [5.41, 5.74) is -1.09. The molecule has 1 aromatic rings. The summed E-state index contributed by atoms with van der Waals surface area (Å²) in [5.74, 6) is -0.735. The molecular formula is C10H11F3N2O2. The molecule has 1 amide bonds. The molecule has 0 N–H and O–H groups in total. The molecule has 0 unspecified atom stereocenters. The lowest BCUT2D eigenvalue weighted by molar-refractivity contribution is -0.137. The van der Waals surface area contributed by atoms with Crippen molar-refractivity contribution in [2.45, 2.75) is 13.1 Å². The van der Waals surface area contributed by atoms with E-state index in [9.17, 15) is 18.0 Å². The van der Waals surface area contributed by atoms with Crippen molar-refractivity contribution in [1.29, 1.82) is 0 Å². The number of aryl methyl sites for hydroxylation is 1. The normalized spacial score (nSPS) is 11.4. The summed E-state index contributed by atoms with van der Waals surface area (Å²) in [6.45, 7) is 1.39. The predicted octanol–water partition coefficient (Wildman–Crippen LogP) is 2.04. The van der Waals surface area contributed by atoms with Crippen LogP contribution in [0.4, 0.5) is 13.2 Å². The molecular weight excluding hydrogens is 237 g/mol. The van der Waals surface area contributed by atoms with Crippen molar-refractivity contribution < 1.29 is 22.8 Å². The third kappa shape index (κ3) is 3.16. The van der Waals surface area contributed by atoms with Crippen LogP contribution >= 0.6 is 0 Å². The van der Waals surface area contributed by atoms with Gasteiger partial charge in [0.15, 0.2) is 0 Å². The molecule has 1 heterocycles. The Bertz CT molecular complexity index is 432. The molecule has 1 aromatic heterocycles. The van der Waals surface area contributed by atoms with E-state index in [1.165, 1.54) is 21.1 Å². The fourth-order valence-corrected chi connectivity index (χ4v) is 1.19. The number of hydroxylamine groups is 2. The molecule has 0 aliphatic heterocycles. The van der Waals surface area contributed by atoms with Gasteiger partial charge in [0, 0.05) is 12.7 Å². The molecule has 1 rings (SSSR count). The molecule has 0 aromatic carbocycles. The molecule has 0 saturated carbocycles. The van der Waals surface area contributed by atoms with Crippen LogP contribution in [0.15, 0.2) is 12.1 Å². The number of hydrogen-bond donors (Lipinski definition) is 0. The zero-order chi connectivity index (χ0) is 13.2. The quantitative estimate of drug-likeness (QED) is 0.752. The number of rotatable bonds is 2. The van der Waals surface area contributed by atoms with Gasteiger partial charge in [-0.05, 0) is 19.1 Å². The van der Waals surface area contributed by atoms with Gasteiger partial charge in [0.1, 0.15) is 5.69 Å². The second-order valence-corrected chi connectivity index (χ2v) is 3.37. The van der Waals surface area contributed by atoms with E-state index < -0.39 is 17.6 Å².